The number of carbonyl (C=O) groups excluding carboxylic acids is 1. The summed E-state index contributed by atoms with van der Waals surface area (Å²) < 4.78 is 11.9. The van der Waals surface area contributed by atoms with Gasteiger partial charge in [-0.15, -0.1) is 11.8 Å². The van der Waals surface area contributed by atoms with Gasteiger partial charge in [0.05, 0.1) is 14.2 Å². The zero-order chi connectivity index (χ0) is 22.2. The third-order valence-electron chi connectivity index (χ3n) is 4.75. The fourth-order valence-corrected chi connectivity index (χ4v) is 5.07. The lowest BCUT2D eigenvalue weighted by Gasteiger charge is -2.22. The summed E-state index contributed by atoms with van der Waals surface area (Å²) in [7, 11) is 7.27. The summed E-state index contributed by atoms with van der Waals surface area (Å²) in [5, 5.41) is 0.681. The van der Waals surface area contributed by atoms with Crippen molar-refractivity contribution >= 4 is 44.4 Å². The van der Waals surface area contributed by atoms with Crippen molar-refractivity contribution in [1.29, 1.82) is 0 Å². The summed E-state index contributed by atoms with van der Waals surface area (Å²) in [6.07, 6.45) is 1.30. The first-order valence-electron chi connectivity index (χ1n) is 10.2. The monoisotopic (exact) mass is 459 g/mol. The van der Waals surface area contributed by atoms with E-state index < -0.39 is 0 Å². The Labute approximate surface area is 192 Å². The molecule has 0 unspecified atom stereocenters. The molecule has 6 nitrogen and oxygen atoms in total. The molecule has 0 aliphatic heterocycles. The molecule has 0 atom stereocenters. The minimum atomic E-state index is 0.0903. The first-order chi connectivity index (χ1) is 15.0. The van der Waals surface area contributed by atoms with Crippen molar-refractivity contribution in [1.82, 2.24) is 9.88 Å². The topological polar surface area (TPSA) is 54.9 Å². The maximum atomic E-state index is 13.2. The standard InChI is InChI=1S/C23H29N3O3S2/c1-25(2)14-15-26(20(27)11-8-16-30-17-9-6-5-7-10-17)23-24-21-18(28-3)12-13-19(29-4)22(21)31-23/h5-7,9-10,12-13H,8,11,14-16H2,1-4H3. The van der Waals surface area contributed by atoms with Gasteiger partial charge in [0.15, 0.2) is 5.13 Å². The number of amides is 1. The Hall–Kier alpha value is -2.29. The van der Waals surface area contributed by atoms with E-state index in [0.717, 1.165) is 34.7 Å². The number of fused-ring (bicyclic) bond motifs is 1. The fourth-order valence-electron chi connectivity index (χ4n) is 3.08. The summed E-state index contributed by atoms with van der Waals surface area (Å²) in [4.78, 5) is 23.0. The molecule has 0 radical (unpaired) electrons. The van der Waals surface area contributed by atoms with Gasteiger partial charge >= 0.3 is 0 Å². The van der Waals surface area contributed by atoms with Crippen LogP contribution in [0.15, 0.2) is 47.4 Å². The molecule has 0 saturated heterocycles. The normalized spacial score (nSPS) is 11.1. The predicted octanol–water partition coefficient (Wildman–Crippen LogP) is 4.78. The molecule has 0 fully saturated rings. The molecule has 2 aromatic carbocycles. The first kappa shape index (κ1) is 23.4. The smallest absolute Gasteiger partial charge is 0.228 e. The number of rotatable bonds is 11. The van der Waals surface area contributed by atoms with Gasteiger partial charge in [0.1, 0.15) is 21.7 Å². The van der Waals surface area contributed by atoms with Crippen LogP contribution in [0.3, 0.4) is 0 Å². The van der Waals surface area contributed by atoms with Gasteiger partial charge in [-0.05, 0) is 50.5 Å². The molecular weight excluding hydrogens is 430 g/mol. The van der Waals surface area contributed by atoms with Crippen molar-refractivity contribution in [3.63, 3.8) is 0 Å². The van der Waals surface area contributed by atoms with Crippen LogP contribution >= 0.6 is 23.1 Å². The summed E-state index contributed by atoms with van der Waals surface area (Å²) in [6, 6.07) is 14.0. The second kappa shape index (κ2) is 11.4. The lowest BCUT2D eigenvalue weighted by molar-refractivity contribution is -0.118. The number of likely N-dealkylation sites (N-methyl/N-ethyl adjacent to an activating group) is 1. The molecule has 0 spiro atoms. The van der Waals surface area contributed by atoms with E-state index in [1.807, 2.05) is 44.4 Å². The minimum absolute atomic E-state index is 0.0903. The second-order valence-corrected chi connectivity index (χ2v) is 9.40. The van der Waals surface area contributed by atoms with Gasteiger partial charge in [-0.2, -0.15) is 0 Å². The molecule has 1 aromatic heterocycles. The molecule has 0 bridgehead atoms. The number of aromatic nitrogens is 1. The van der Waals surface area contributed by atoms with Crippen LogP contribution in [0.4, 0.5) is 5.13 Å². The van der Waals surface area contributed by atoms with Crippen molar-refractivity contribution < 1.29 is 14.3 Å². The molecule has 8 heteroatoms. The fraction of sp³-hybridized carbons (Fsp3) is 0.391. The number of methoxy groups -OCH3 is 2. The maximum Gasteiger partial charge on any atom is 0.228 e. The van der Waals surface area contributed by atoms with E-state index in [-0.39, 0.29) is 5.91 Å². The molecule has 1 amide bonds. The number of hydrogen-bond donors (Lipinski definition) is 0. The molecule has 31 heavy (non-hydrogen) atoms. The van der Waals surface area contributed by atoms with Gasteiger partial charge in [-0.25, -0.2) is 4.98 Å². The number of thioether (sulfide) groups is 1. The van der Waals surface area contributed by atoms with Crippen LogP contribution in [0.1, 0.15) is 12.8 Å². The predicted molar refractivity (Wildman–Crippen MR) is 130 cm³/mol. The SMILES string of the molecule is COc1ccc(OC)c2sc(N(CCN(C)C)C(=O)CCCSc3ccccc3)nc12. The van der Waals surface area contributed by atoms with Crippen LogP contribution in [0, 0.1) is 0 Å². The molecule has 0 aliphatic carbocycles. The Morgan fingerprint density at radius 2 is 1.74 bits per heavy atom. The number of thiazole rings is 1. The molecule has 166 valence electrons. The highest BCUT2D eigenvalue weighted by molar-refractivity contribution is 7.99. The van der Waals surface area contributed by atoms with E-state index in [4.69, 9.17) is 14.5 Å². The van der Waals surface area contributed by atoms with Crippen LogP contribution < -0.4 is 14.4 Å². The van der Waals surface area contributed by atoms with Crippen molar-refractivity contribution in [3.8, 4) is 11.5 Å². The maximum absolute atomic E-state index is 13.2. The van der Waals surface area contributed by atoms with Gasteiger partial charge in [0.2, 0.25) is 5.91 Å². The Kier molecular flexibility index (Phi) is 8.57. The Bertz CT molecular complexity index is 951. The highest BCUT2D eigenvalue weighted by Gasteiger charge is 2.22. The van der Waals surface area contributed by atoms with E-state index in [1.165, 1.54) is 16.2 Å². The molecular formula is C23H29N3O3S2. The molecule has 0 aliphatic rings. The van der Waals surface area contributed by atoms with Crippen molar-refractivity contribution in [3.05, 3.63) is 42.5 Å². The number of nitrogens with zero attached hydrogens (tertiary/aromatic N) is 3. The third-order valence-corrected chi connectivity index (χ3v) is 6.94. The van der Waals surface area contributed by atoms with Gasteiger partial charge in [-0.1, -0.05) is 29.5 Å². The van der Waals surface area contributed by atoms with Crippen LogP contribution in [0.2, 0.25) is 0 Å². The summed E-state index contributed by atoms with van der Waals surface area (Å²) >= 11 is 3.24. The first-order valence-corrected chi connectivity index (χ1v) is 12.0. The lowest BCUT2D eigenvalue weighted by Crippen LogP contribution is -2.36. The zero-order valence-corrected chi connectivity index (χ0v) is 20.1. The summed E-state index contributed by atoms with van der Waals surface area (Å²) in [5.74, 6) is 2.41. The van der Waals surface area contributed by atoms with Gasteiger partial charge in [-0.3, -0.25) is 9.69 Å². The van der Waals surface area contributed by atoms with Crippen molar-refractivity contribution in [2.75, 3.05) is 52.1 Å². The van der Waals surface area contributed by atoms with Crippen molar-refractivity contribution in [2.24, 2.45) is 0 Å². The van der Waals surface area contributed by atoms with E-state index in [2.05, 4.69) is 17.0 Å². The number of ether oxygens (including phenoxy) is 2. The Morgan fingerprint density at radius 1 is 1.03 bits per heavy atom. The summed E-state index contributed by atoms with van der Waals surface area (Å²) in [5.41, 5.74) is 0.726. The van der Waals surface area contributed by atoms with Gasteiger partial charge in [0, 0.05) is 24.4 Å². The Morgan fingerprint density at radius 3 is 2.42 bits per heavy atom. The summed E-state index contributed by atoms with van der Waals surface area (Å²) in [6.45, 7) is 1.34. The highest BCUT2D eigenvalue weighted by Crippen LogP contribution is 2.40. The van der Waals surface area contributed by atoms with E-state index in [0.29, 0.717) is 23.8 Å². The highest BCUT2D eigenvalue weighted by atomic mass is 32.2. The van der Waals surface area contributed by atoms with Crippen molar-refractivity contribution in [2.45, 2.75) is 17.7 Å². The number of anilines is 1. The zero-order valence-electron chi connectivity index (χ0n) is 18.5. The van der Waals surface area contributed by atoms with Crippen LogP contribution in [-0.4, -0.2) is 62.9 Å². The van der Waals surface area contributed by atoms with Crippen LogP contribution in [-0.2, 0) is 4.79 Å². The molecule has 1 heterocycles. The van der Waals surface area contributed by atoms with Crippen LogP contribution in [0.5, 0.6) is 11.5 Å². The van der Waals surface area contributed by atoms with Gasteiger partial charge in [0.25, 0.3) is 0 Å². The number of hydrogen-bond acceptors (Lipinski definition) is 7. The third kappa shape index (κ3) is 6.12. The molecule has 0 saturated carbocycles. The number of benzene rings is 2. The molecule has 3 aromatic rings. The second-order valence-electron chi connectivity index (χ2n) is 7.26. The Balaban J connectivity index is 1.75. The van der Waals surface area contributed by atoms with Crippen LogP contribution in [0.25, 0.3) is 10.2 Å². The molecule has 3 rings (SSSR count). The van der Waals surface area contributed by atoms with E-state index in [9.17, 15) is 4.79 Å². The largest absolute Gasteiger partial charge is 0.495 e. The number of carbonyl (C=O) groups is 1. The van der Waals surface area contributed by atoms with E-state index in [1.54, 1.807) is 30.9 Å². The molecule has 0 N–H and O–H groups in total. The quantitative estimate of drug-likeness (QED) is 0.304. The average Bonchev–Trinajstić information content (AvgIpc) is 3.21. The lowest BCUT2D eigenvalue weighted by atomic mass is 10.3. The van der Waals surface area contributed by atoms with Gasteiger partial charge < -0.3 is 14.4 Å². The minimum Gasteiger partial charge on any atom is -0.495 e. The van der Waals surface area contributed by atoms with E-state index >= 15 is 0 Å². The average molecular weight is 460 g/mol.